The van der Waals surface area contributed by atoms with Gasteiger partial charge in [-0.1, -0.05) is 0 Å². The van der Waals surface area contributed by atoms with Crippen LogP contribution in [0.1, 0.15) is 32.6 Å². The standard InChI is InChI=1S/C9H18N2O2/c1-6(11-9(12)13)7-2-4-8(10)5-3-7/h6-8,11H,2-5,10H2,1H3,(H,12,13). The Morgan fingerprint density at radius 2 is 2.00 bits per heavy atom. The summed E-state index contributed by atoms with van der Waals surface area (Å²) in [6, 6.07) is 0.387. The molecule has 1 rings (SSSR count). The van der Waals surface area contributed by atoms with Gasteiger partial charge >= 0.3 is 6.09 Å². The van der Waals surface area contributed by atoms with Crippen LogP contribution >= 0.6 is 0 Å². The Kier molecular flexibility index (Phi) is 3.54. The lowest BCUT2D eigenvalue weighted by Gasteiger charge is -2.30. The Morgan fingerprint density at radius 3 is 2.46 bits per heavy atom. The van der Waals surface area contributed by atoms with Crippen LogP contribution in [0.3, 0.4) is 0 Å². The summed E-state index contributed by atoms with van der Waals surface area (Å²) in [5, 5.41) is 11.0. The van der Waals surface area contributed by atoms with Crippen LogP contribution in [0.25, 0.3) is 0 Å². The van der Waals surface area contributed by atoms with E-state index in [0.717, 1.165) is 25.7 Å². The molecule has 13 heavy (non-hydrogen) atoms. The van der Waals surface area contributed by atoms with Gasteiger partial charge in [0, 0.05) is 12.1 Å². The average Bonchev–Trinajstić information content (AvgIpc) is 2.04. The summed E-state index contributed by atoms with van der Waals surface area (Å²) in [5.74, 6) is 0.468. The molecule has 0 radical (unpaired) electrons. The van der Waals surface area contributed by atoms with Crippen molar-refractivity contribution in [1.82, 2.24) is 5.32 Å². The Balaban J connectivity index is 2.31. The minimum Gasteiger partial charge on any atom is -0.465 e. The van der Waals surface area contributed by atoms with Crippen LogP contribution < -0.4 is 11.1 Å². The van der Waals surface area contributed by atoms with Crippen LogP contribution in [0.4, 0.5) is 4.79 Å². The van der Waals surface area contributed by atoms with Crippen LogP contribution in [-0.4, -0.2) is 23.3 Å². The van der Waals surface area contributed by atoms with Crippen molar-refractivity contribution in [1.29, 1.82) is 0 Å². The molecule has 4 nitrogen and oxygen atoms in total. The first kappa shape index (κ1) is 10.3. The van der Waals surface area contributed by atoms with E-state index in [0.29, 0.717) is 12.0 Å². The number of hydrogen-bond acceptors (Lipinski definition) is 2. The highest BCUT2D eigenvalue weighted by molar-refractivity contribution is 5.64. The van der Waals surface area contributed by atoms with E-state index in [-0.39, 0.29) is 6.04 Å². The molecule has 0 aromatic heterocycles. The summed E-state index contributed by atoms with van der Waals surface area (Å²) in [6.07, 6.45) is 3.21. The fourth-order valence-corrected chi connectivity index (χ4v) is 1.96. The second-order valence-electron chi connectivity index (χ2n) is 3.91. The molecular weight excluding hydrogens is 168 g/mol. The van der Waals surface area contributed by atoms with E-state index < -0.39 is 6.09 Å². The smallest absolute Gasteiger partial charge is 0.404 e. The third kappa shape index (κ3) is 3.22. The maximum Gasteiger partial charge on any atom is 0.404 e. The first-order chi connectivity index (χ1) is 6.09. The maximum atomic E-state index is 10.4. The molecule has 1 aliphatic carbocycles. The molecule has 1 aliphatic rings. The summed E-state index contributed by atoms with van der Waals surface area (Å²) >= 11 is 0. The Hall–Kier alpha value is -0.770. The van der Waals surface area contributed by atoms with E-state index >= 15 is 0 Å². The topological polar surface area (TPSA) is 75.3 Å². The zero-order chi connectivity index (χ0) is 9.84. The Bertz CT molecular complexity index is 176. The number of nitrogens with one attached hydrogen (secondary N) is 1. The molecule has 0 bridgehead atoms. The van der Waals surface area contributed by atoms with Crippen molar-refractivity contribution in [3.63, 3.8) is 0 Å². The molecule has 4 N–H and O–H groups in total. The van der Waals surface area contributed by atoms with E-state index in [1.165, 1.54) is 0 Å². The van der Waals surface area contributed by atoms with Crippen LogP contribution in [0, 0.1) is 5.92 Å². The molecule has 0 spiro atoms. The highest BCUT2D eigenvalue weighted by atomic mass is 16.4. The Labute approximate surface area is 78.5 Å². The van der Waals surface area contributed by atoms with Gasteiger partial charge in [-0.05, 0) is 38.5 Å². The second kappa shape index (κ2) is 4.46. The van der Waals surface area contributed by atoms with Crippen molar-refractivity contribution >= 4 is 6.09 Å². The molecule has 0 heterocycles. The maximum absolute atomic E-state index is 10.4. The summed E-state index contributed by atoms with van der Waals surface area (Å²) < 4.78 is 0. The first-order valence-electron chi connectivity index (χ1n) is 4.84. The molecule has 1 saturated carbocycles. The molecule has 1 atom stereocenters. The van der Waals surface area contributed by atoms with Crippen LogP contribution in [0.5, 0.6) is 0 Å². The average molecular weight is 186 g/mol. The van der Waals surface area contributed by atoms with Crippen LogP contribution in [0.2, 0.25) is 0 Å². The fraction of sp³-hybridized carbons (Fsp3) is 0.889. The van der Waals surface area contributed by atoms with E-state index in [4.69, 9.17) is 10.8 Å². The van der Waals surface area contributed by atoms with Crippen molar-refractivity contribution in [2.75, 3.05) is 0 Å². The molecule has 0 aliphatic heterocycles. The molecule has 0 saturated heterocycles. The molecule has 0 aromatic carbocycles. The number of carboxylic acid groups (broad SMARTS) is 1. The molecule has 4 heteroatoms. The van der Waals surface area contributed by atoms with Crippen molar-refractivity contribution in [2.24, 2.45) is 11.7 Å². The number of nitrogens with two attached hydrogens (primary N) is 1. The third-order valence-corrected chi connectivity index (χ3v) is 2.87. The Morgan fingerprint density at radius 1 is 1.46 bits per heavy atom. The van der Waals surface area contributed by atoms with Gasteiger partial charge in [-0.25, -0.2) is 4.79 Å². The number of hydrogen-bond donors (Lipinski definition) is 3. The minimum atomic E-state index is -0.928. The van der Waals surface area contributed by atoms with Gasteiger partial charge in [0.1, 0.15) is 0 Å². The van der Waals surface area contributed by atoms with Gasteiger partial charge in [-0.3, -0.25) is 0 Å². The predicted molar refractivity (Wildman–Crippen MR) is 50.6 cm³/mol. The predicted octanol–water partition coefficient (Wildman–Crippen LogP) is 1.16. The molecule has 1 amide bonds. The fourth-order valence-electron chi connectivity index (χ4n) is 1.96. The summed E-state index contributed by atoms with van der Waals surface area (Å²) in [6.45, 7) is 1.93. The monoisotopic (exact) mass is 186 g/mol. The van der Waals surface area contributed by atoms with Crippen molar-refractivity contribution in [3.05, 3.63) is 0 Å². The third-order valence-electron chi connectivity index (χ3n) is 2.87. The lowest BCUT2D eigenvalue weighted by Crippen LogP contribution is -2.40. The first-order valence-corrected chi connectivity index (χ1v) is 4.84. The van der Waals surface area contributed by atoms with Crippen LogP contribution in [0.15, 0.2) is 0 Å². The van der Waals surface area contributed by atoms with E-state index in [9.17, 15) is 4.79 Å². The molecule has 1 unspecified atom stereocenters. The molecule has 76 valence electrons. The van der Waals surface area contributed by atoms with Gasteiger partial charge in [-0.2, -0.15) is 0 Å². The second-order valence-corrected chi connectivity index (χ2v) is 3.91. The van der Waals surface area contributed by atoms with E-state index in [2.05, 4.69) is 5.32 Å². The van der Waals surface area contributed by atoms with Crippen molar-refractivity contribution in [2.45, 2.75) is 44.7 Å². The van der Waals surface area contributed by atoms with Gasteiger partial charge in [0.2, 0.25) is 0 Å². The largest absolute Gasteiger partial charge is 0.465 e. The lowest BCUT2D eigenvalue weighted by molar-refractivity contribution is 0.179. The lowest BCUT2D eigenvalue weighted by atomic mass is 9.82. The van der Waals surface area contributed by atoms with Crippen molar-refractivity contribution in [3.8, 4) is 0 Å². The summed E-state index contributed by atoms with van der Waals surface area (Å²) in [7, 11) is 0. The van der Waals surface area contributed by atoms with E-state index in [1.807, 2.05) is 6.92 Å². The zero-order valence-corrected chi connectivity index (χ0v) is 7.99. The summed E-state index contributed by atoms with van der Waals surface area (Å²) in [4.78, 5) is 10.4. The highest BCUT2D eigenvalue weighted by Crippen LogP contribution is 2.25. The zero-order valence-electron chi connectivity index (χ0n) is 7.99. The normalized spacial score (nSPS) is 30.9. The number of carbonyl (C=O) groups is 1. The molecule has 1 fully saturated rings. The van der Waals surface area contributed by atoms with E-state index in [1.54, 1.807) is 0 Å². The number of rotatable bonds is 2. The highest BCUT2D eigenvalue weighted by Gasteiger charge is 2.24. The number of amides is 1. The van der Waals surface area contributed by atoms with Crippen LogP contribution in [-0.2, 0) is 0 Å². The summed E-state index contributed by atoms with van der Waals surface area (Å²) in [5.41, 5.74) is 5.76. The SMILES string of the molecule is CC(NC(=O)O)C1CCC(N)CC1. The van der Waals surface area contributed by atoms with Gasteiger partial charge < -0.3 is 16.2 Å². The van der Waals surface area contributed by atoms with Crippen molar-refractivity contribution < 1.29 is 9.90 Å². The molecular formula is C9H18N2O2. The van der Waals surface area contributed by atoms with Gasteiger partial charge in [0.15, 0.2) is 0 Å². The quantitative estimate of drug-likeness (QED) is 0.605. The van der Waals surface area contributed by atoms with Gasteiger partial charge in [0.25, 0.3) is 0 Å². The van der Waals surface area contributed by atoms with Gasteiger partial charge in [-0.15, -0.1) is 0 Å². The van der Waals surface area contributed by atoms with Gasteiger partial charge in [0.05, 0.1) is 0 Å². The minimum absolute atomic E-state index is 0.0602. The molecule has 0 aromatic rings.